The number of carboxylic acid groups (broad SMARTS) is 1. The largest absolute Gasteiger partial charge is 0.477 e. The number of nitrogens with zero attached hydrogens (tertiary/aromatic N) is 3. The maximum atomic E-state index is 10.8. The predicted octanol–water partition coefficient (Wildman–Crippen LogP) is 1.85. The first-order chi connectivity index (χ1) is 8.65. The molecule has 2 aromatic rings. The van der Waals surface area contributed by atoms with Gasteiger partial charge in [-0.05, 0) is 24.1 Å². The minimum absolute atomic E-state index is 0.0846. The van der Waals surface area contributed by atoms with Gasteiger partial charge in [0.1, 0.15) is 5.69 Å². The lowest BCUT2D eigenvalue weighted by Crippen LogP contribution is -1.99. The van der Waals surface area contributed by atoms with Gasteiger partial charge in [0.2, 0.25) is 0 Å². The highest BCUT2D eigenvalue weighted by atomic mass is 32.2. The Morgan fingerprint density at radius 3 is 3.06 bits per heavy atom. The van der Waals surface area contributed by atoms with E-state index in [0.717, 1.165) is 17.1 Å². The molecule has 0 unspecified atom stereocenters. The average molecular weight is 263 g/mol. The summed E-state index contributed by atoms with van der Waals surface area (Å²) in [6, 6.07) is 3.41. The summed E-state index contributed by atoms with van der Waals surface area (Å²) in [6.45, 7) is 0. The van der Waals surface area contributed by atoms with Gasteiger partial charge in [0.15, 0.2) is 0 Å². The molecule has 18 heavy (non-hydrogen) atoms. The molecule has 0 fully saturated rings. The lowest BCUT2D eigenvalue weighted by atomic mass is 10.3. The smallest absolute Gasteiger partial charge is 0.354 e. The van der Waals surface area contributed by atoms with Gasteiger partial charge in [-0.25, -0.2) is 9.78 Å². The first-order valence-electron chi connectivity index (χ1n) is 5.45. The van der Waals surface area contributed by atoms with Gasteiger partial charge in [0.25, 0.3) is 0 Å². The van der Waals surface area contributed by atoms with Crippen LogP contribution in [-0.2, 0) is 13.5 Å². The first kappa shape index (κ1) is 12.6. The van der Waals surface area contributed by atoms with Gasteiger partial charge >= 0.3 is 5.97 Å². The Labute approximate surface area is 109 Å². The van der Waals surface area contributed by atoms with Crippen LogP contribution < -0.4 is 0 Å². The Kier molecular flexibility index (Phi) is 3.99. The molecule has 2 rings (SSSR count). The fraction of sp³-hybridized carbons (Fsp3) is 0.250. The molecule has 0 aliphatic rings. The first-order valence-corrected chi connectivity index (χ1v) is 6.43. The van der Waals surface area contributed by atoms with Crippen LogP contribution in [0.5, 0.6) is 0 Å². The molecule has 1 N–H and O–H groups in total. The number of aromatic nitrogens is 3. The molecule has 0 spiro atoms. The Bertz CT molecular complexity index is 554. The van der Waals surface area contributed by atoms with Crippen molar-refractivity contribution in [1.82, 2.24) is 14.8 Å². The maximum absolute atomic E-state index is 10.8. The lowest BCUT2D eigenvalue weighted by molar-refractivity contribution is 0.0690. The van der Waals surface area contributed by atoms with Crippen LogP contribution in [-0.4, -0.2) is 31.6 Å². The van der Waals surface area contributed by atoms with Crippen LogP contribution in [0.3, 0.4) is 0 Å². The number of pyridine rings is 1. The molecule has 94 valence electrons. The van der Waals surface area contributed by atoms with Crippen molar-refractivity contribution in [3.63, 3.8) is 0 Å². The summed E-state index contributed by atoms with van der Waals surface area (Å²) in [5, 5.41) is 12.9. The van der Waals surface area contributed by atoms with Crippen molar-refractivity contribution in [3.05, 3.63) is 42.0 Å². The quantitative estimate of drug-likeness (QED) is 0.834. The number of carbonyl (C=O) groups is 1. The van der Waals surface area contributed by atoms with Crippen LogP contribution in [0.15, 0.2) is 35.6 Å². The number of aryl methyl sites for hydroxylation is 2. The predicted molar refractivity (Wildman–Crippen MR) is 68.8 cm³/mol. The SMILES string of the molecule is Cn1cc(CCSc2ccnc(C(=O)O)c2)cn1. The summed E-state index contributed by atoms with van der Waals surface area (Å²) in [7, 11) is 1.89. The van der Waals surface area contributed by atoms with E-state index in [4.69, 9.17) is 5.11 Å². The minimum Gasteiger partial charge on any atom is -0.477 e. The van der Waals surface area contributed by atoms with Gasteiger partial charge in [0, 0.05) is 30.1 Å². The van der Waals surface area contributed by atoms with Gasteiger partial charge in [-0.1, -0.05) is 0 Å². The van der Waals surface area contributed by atoms with Crippen LogP contribution >= 0.6 is 11.8 Å². The highest BCUT2D eigenvalue weighted by Gasteiger charge is 2.05. The molecular formula is C12H13N3O2S. The lowest BCUT2D eigenvalue weighted by Gasteiger charge is -2.01. The summed E-state index contributed by atoms with van der Waals surface area (Å²) < 4.78 is 1.77. The van der Waals surface area contributed by atoms with Gasteiger partial charge in [0.05, 0.1) is 6.20 Å². The highest BCUT2D eigenvalue weighted by Crippen LogP contribution is 2.19. The topological polar surface area (TPSA) is 68.0 Å². The number of aromatic carboxylic acids is 1. The van der Waals surface area contributed by atoms with Crippen molar-refractivity contribution in [2.45, 2.75) is 11.3 Å². The third-order valence-electron chi connectivity index (χ3n) is 2.37. The molecule has 6 heteroatoms. The highest BCUT2D eigenvalue weighted by molar-refractivity contribution is 7.99. The molecule has 0 bridgehead atoms. The fourth-order valence-corrected chi connectivity index (χ4v) is 2.43. The Balaban J connectivity index is 1.90. The second-order valence-electron chi connectivity index (χ2n) is 3.80. The molecule has 0 amide bonds. The Morgan fingerprint density at radius 1 is 1.56 bits per heavy atom. The van der Waals surface area contributed by atoms with Crippen molar-refractivity contribution in [2.24, 2.45) is 7.05 Å². The average Bonchev–Trinajstić information content (AvgIpc) is 2.75. The van der Waals surface area contributed by atoms with E-state index in [0.29, 0.717) is 0 Å². The standard InChI is InChI=1S/C12H13N3O2S/c1-15-8-9(7-14-15)3-5-18-10-2-4-13-11(6-10)12(16)17/h2,4,6-8H,3,5H2,1H3,(H,16,17). The molecule has 2 aromatic heterocycles. The molecule has 0 saturated carbocycles. The summed E-state index contributed by atoms with van der Waals surface area (Å²) in [6.07, 6.45) is 6.25. The van der Waals surface area contributed by atoms with Gasteiger partial charge in [-0.2, -0.15) is 5.10 Å². The van der Waals surface area contributed by atoms with Crippen molar-refractivity contribution in [3.8, 4) is 0 Å². The van der Waals surface area contributed by atoms with Crippen LogP contribution in [0.2, 0.25) is 0 Å². The summed E-state index contributed by atoms with van der Waals surface area (Å²) in [5.41, 5.74) is 1.26. The fourth-order valence-electron chi connectivity index (χ4n) is 1.51. The summed E-state index contributed by atoms with van der Waals surface area (Å²) in [4.78, 5) is 15.5. The molecular weight excluding hydrogens is 250 g/mol. The normalized spacial score (nSPS) is 10.5. The van der Waals surface area contributed by atoms with Crippen molar-refractivity contribution in [2.75, 3.05) is 5.75 Å². The monoisotopic (exact) mass is 263 g/mol. The minimum atomic E-state index is -0.996. The molecule has 0 radical (unpaired) electrons. The second kappa shape index (κ2) is 5.68. The van der Waals surface area contributed by atoms with E-state index in [1.165, 1.54) is 11.8 Å². The molecule has 2 heterocycles. The zero-order valence-corrected chi connectivity index (χ0v) is 10.7. The number of rotatable bonds is 5. The number of hydrogen-bond acceptors (Lipinski definition) is 4. The van der Waals surface area contributed by atoms with E-state index in [1.54, 1.807) is 22.5 Å². The van der Waals surface area contributed by atoms with Crippen molar-refractivity contribution < 1.29 is 9.90 Å². The third-order valence-corrected chi connectivity index (χ3v) is 3.36. The van der Waals surface area contributed by atoms with Crippen LogP contribution in [0.25, 0.3) is 0 Å². The van der Waals surface area contributed by atoms with E-state index >= 15 is 0 Å². The Hall–Kier alpha value is -1.82. The van der Waals surface area contributed by atoms with Crippen LogP contribution in [0, 0.1) is 0 Å². The molecule has 0 saturated heterocycles. The molecule has 5 nitrogen and oxygen atoms in total. The maximum Gasteiger partial charge on any atom is 0.354 e. The molecule has 0 atom stereocenters. The zero-order valence-electron chi connectivity index (χ0n) is 9.91. The van der Waals surface area contributed by atoms with E-state index < -0.39 is 5.97 Å². The second-order valence-corrected chi connectivity index (χ2v) is 4.97. The van der Waals surface area contributed by atoms with Crippen LogP contribution in [0.1, 0.15) is 16.1 Å². The van der Waals surface area contributed by atoms with Crippen LogP contribution in [0.4, 0.5) is 0 Å². The molecule has 0 aliphatic heterocycles. The van der Waals surface area contributed by atoms with Gasteiger partial charge < -0.3 is 5.11 Å². The van der Waals surface area contributed by atoms with E-state index in [1.807, 2.05) is 25.5 Å². The zero-order chi connectivity index (χ0) is 13.0. The number of carboxylic acids is 1. The van der Waals surface area contributed by atoms with Crippen molar-refractivity contribution in [1.29, 1.82) is 0 Å². The van der Waals surface area contributed by atoms with E-state index in [9.17, 15) is 4.79 Å². The third kappa shape index (κ3) is 3.33. The Morgan fingerprint density at radius 2 is 2.39 bits per heavy atom. The summed E-state index contributed by atoms with van der Waals surface area (Å²) >= 11 is 1.62. The summed E-state index contributed by atoms with van der Waals surface area (Å²) in [5.74, 6) is -0.112. The van der Waals surface area contributed by atoms with Crippen molar-refractivity contribution >= 4 is 17.7 Å². The van der Waals surface area contributed by atoms with E-state index in [2.05, 4.69) is 10.1 Å². The van der Waals surface area contributed by atoms with Gasteiger partial charge in [-0.3, -0.25) is 4.68 Å². The number of hydrogen-bond donors (Lipinski definition) is 1. The van der Waals surface area contributed by atoms with Gasteiger partial charge in [-0.15, -0.1) is 11.8 Å². The molecule has 0 aromatic carbocycles. The van der Waals surface area contributed by atoms with E-state index in [-0.39, 0.29) is 5.69 Å². The number of thioether (sulfide) groups is 1. The molecule has 0 aliphatic carbocycles.